The van der Waals surface area contributed by atoms with E-state index in [0.29, 0.717) is 13.0 Å². The van der Waals surface area contributed by atoms with Gasteiger partial charge < -0.3 is 15.7 Å². The summed E-state index contributed by atoms with van der Waals surface area (Å²) in [7, 11) is 0. The van der Waals surface area contributed by atoms with Crippen LogP contribution < -0.4 is 10.6 Å². The third-order valence-electron chi connectivity index (χ3n) is 2.51. The normalized spacial score (nSPS) is 11.6. The molecule has 3 N–H and O–H groups in total. The van der Waals surface area contributed by atoms with Gasteiger partial charge in [-0.1, -0.05) is 18.2 Å². The molecule has 0 aliphatic heterocycles. The Hall–Kier alpha value is -1.97. The number of urea groups is 1. The van der Waals surface area contributed by atoms with Crippen molar-refractivity contribution in [2.45, 2.75) is 25.8 Å². The second-order valence-corrected chi connectivity index (χ2v) is 4.25. The van der Waals surface area contributed by atoms with E-state index in [1.165, 1.54) is 0 Å². The molecule has 1 rings (SSSR count). The lowest BCUT2D eigenvalue weighted by atomic mass is 10.1. The van der Waals surface area contributed by atoms with Crippen LogP contribution in [0.1, 0.15) is 18.9 Å². The first-order chi connectivity index (χ1) is 8.61. The van der Waals surface area contributed by atoms with E-state index in [9.17, 15) is 9.90 Å². The molecule has 0 aromatic heterocycles. The summed E-state index contributed by atoms with van der Waals surface area (Å²) in [6, 6.07) is 6.93. The number of carbonyl (C=O) groups excluding carboxylic acids is 1. The molecule has 0 heterocycles. The average molecular weight is 248 g/mol. The second-order valence-electron chi connectivity index (χ2n) is 4.25. The zero-order valence-electron chi connectivity index (χ0n) is 10.6. The van der Waals surface area contributed by atoms with Crippen LogP contribution in [0.4, 0.5) is 4.79 Å². The van der Waals surface area contributed by atoms with Gasteiger partial charge in [-0.15, -0.1) is 6.58 Å². The number of aromatic hydroxyl groups is 1. The maximum atomic E-state index is 11.5. The van der Waals surface area contributed by atoms with Crippen molar-refractivity contribution >= 4 is 6.03 Å². The van der Waals surface area contributed by atoms with Crippen molar-refractivity contribution in [1.29, 1.82) is 0 Å². The van der Waals surface area contributed by atoms with Gasteiger partial charge in [0.05, 0.1) is 0 Å². The molecule has 18 heavy (non-hydrogen) atoms. The van der Waals surface area contributed by atoms with Gasteiger partial charge >= 0.3 is 6.03 Å². The molecule has 0 aliphatic carbocycles. The van der Waals surface area contributed by atoms with Gasteiger partial charge in [0.25, 0.3) is 0 Å². The van der Waals surface area contributed by atoms with Crippen LogP contribution in [-0.4, -0.2) is 23.7 Å². The van der Waals surface area contributed by atoms with Crippen molar-refractivity contribution in [3.05, 3.63) is 42.5 Å². The van der Waals surface area contributed by atoms with Crippen LogP contribution >= 0.6 is 0 Å². The number of hydrogen-bond donors (Lipinski definition) is 3. The van der Waals surface area contributed by atoms with Crippen molar-refractivity contribution in [3.8, 4) is 5.75 Å². The number of rotatable bonds is 6. The molecule has 4 heteroatoms. The number of amides is 2. The van der Waals surface area contributed by atoms with Crippen LogP contribution in [0.15, 0.2) is 36.9 Å². The first kappa shape index (κ1) is 14.1. The van der Waals surface area contributed by atoms with Crippen LogP contribution in [0.25, 0.3) is 0 Å². The molecule has 98 valence electrons. The lowest BCUT2D eigenvalue weighted by Gasteiger charge is -2.12. The molecule has 0 spiro atoms. The highest BCUT2D eigenvalue weighted by Crippen LogP contribution is 2.10. The Morgan fingerprint density at radius 1 is 1.56 bits per heavy atom. The van der Waals surface area contributed by atoms with E-state index in [0.717, 1.165) is 12.0 Å². The summed E-state index contributed by atoms with van der Waals surface area (Å²) >= 11 is 0. The van der Waals surface area contributed by atoms with E-state index >= 15 is 0 Å². The molecule has 0 radical (unpaired) electrons. The highest BCUT2D eigenvalue weighted by molar-refractivity contribution is 5.74. The lowest BCUT2D eigenvalue weighted by Crippen LogP contribution is -2.41. The van der Waals surface area contributed by atoms with Gasteiger partial charge in [0.15, 0.2) is 0 Å². The van der Waals surface area contributed by atoms with E-state index < -0.39 is 0 Å². The SMILES string of the molecule is C=CCC(C)NC(=O)NCCc1cccc(O)c1. The molecule has 1 atom stereocenters. The largest absolute Gasteiger partial charge is 0.508 e. The first-order valence-electron chi connectivity index (χ1n) is 6.05. The van der Waals surface area contributed by atoms with Crippen LogP contribution in [0, 0.1) is 0 Å². The quantitative estimate of drug-likeness (QED) is 0.676. The monoisotopic (exact) mass is 248 g/mol. The van der Waals surface area contributed by atoms with Crippen molar-refractivity contribution in [2.24, 2.45) is 0 Å². The maximum absolute atomic E-state index is 11.5. The number of phenolic OH excluding ortho intramolecular Hbond substituents is 1. The molecule has 0 saturated carbocycles. The Morgan fingerprint density at radius 2 is 2.33 bits per heavy atom. The molecule has 0 bridgehead atoms. The van der Waals surface area contributed by atoms with Crippen molar-refractivity contribution in [3.63, 3.8) is 0 Å². The molecular formula is C14H20N2O2. The van der Waals surface area contributed by atoms with E-state index in [-0.39, 0.29) is 17.8 Å². The Morgan fingerprint density at radius 3 is 3.00 bits per heavy atom. The predicted octanol–water partition coefficient (Wildman–Crippen LogP) is 2.20. The molecule has 1 aromatic rings. The summed E-state index contributed by atoms with van der Waals surface area (Å²) in [4.78, 5) is 11.5. The third-order valence-corrected chi connectivity index (χ3v) is 2.51. The maximum Gasteiger partial charge on any atom is 0.315 e. The highest BCUT2D eigenvalue weighted by Gasteiger charge is 2.04. The highest BCUT2D eigenvalue weighted by atomic mass is 16.3. The molecule has 0 aliphatic rings. The van der Waals surface area contributed by atoms with Crippen molar-refractivity contribution in [2.75, 3.05) is 6.54 Å². The van der Waals surface area contributed by atoms with E-state index in [4.69, 9.17) is 0 Å². The Labute approximate surface area is 108 Å². The number of carbonyl (C=O) groups is 1. The van der Waals surface area contributed by atoms with E-state index in [1.54, 1.807) is 24.3 Å². The minimum atomic E-state index is -0.176. The standard InChI is InChI=1S/C14H20N2O2/c1-3-5-11(2)16-14(18)15-9-8-12-6-4-7-13(17)10-12/h3-4,6-7,10-11,17H,1,5,8-9H2,2H3,(H2,15,16,18). The van der Waals surface area contributed by atoms with Gasteiger partial charge in [0, 0.05) is 12.6 Å². The minimum absolute atomic E-state index is 0.0864. The number of phenols is 1. The zero-order valence-corrected chi connectivity index (χ0v) is 10.6. The van der Waals surface area contributed by atoms with E-state index in [2.05, 4.69) is 17.2 Å². The Kier molecular flexibility index (Phi) is 5.77. The van der Waals surface area contributed by atoms with E-state index in [1.807, 2.05) is 13.0 Å². The van der Waals surface area contributed by atoms with Crippen LogP contribution in [0.5, 0.6) is 5.75 Å². The van der Waals surface area contributed by atoms with Gasteiger partial charge in [-0.3, -0.25) is 0 Å². The van der Waals surface area contributed by atoms with Crippen LogP contribution in [0.3, 0.4) is 0 Å². The van der Waals surface area contributed by atoms with Crippen LogP contribution in [-0.2, 0) is 6.42 Å². The fourth-order valence-corrected chi connectivity index (χ4v) is 1.62. The summed E-state index contributed by atoms with van der Waals surface area (Å²) in [6.45, 7) is 6.09. The zero-order chi connectivity index (χ0) is 13.4. The predicted molar refractivity (Wildman–Crippen MR) is 72.6 cm³/mol. The topological polar surface area (TPSA) is 61.4 Å². The van der Waals surface area contributed by atoms with Crippen LogP contribution in [0.2, 0.25) is 0 Å². The molecule has 1 unspecified atom stereocenters. The van der Waals surface area contributed by atoms with Gasteiger partial charge in [0.2, 0.25) is 0 Å². The summed E-state index contributed by atoms with van der Waals surface area (Å²) in [5.74, 6) is 0.247. The summed E-state index contributed by atoms with van der Waals surface area (Å²) in [5.41, 5.74) is 0.995. The van der Waals surface area contributed by atoms with Gasteiger partial charge in [-0.2, -0.15) is 0 Å². The third kappa shape index (κ3) is 5.39. The second kappa shape index (κ2) is 7.37. The lowest BCUT2D eigenvalue weighted by molar-refractivity contribution is 0.238. The van der Waals surface area contributed by atoms with Gasteiger partial charge in [-0.25, -0.2) is 4.79 Å². The Balaban J connectivity index is 2.25. The number of hydrogen-bond acceptors (Lipinski definition) is 2. The number of benzene rings is 1. The van der Waals surface area contributed by atoms with Crippen molar-refractivity contribution < 1.29 is 9.90 Å². The van der Waals surface area contributed by atoms with Gasteiger partial charge in [-0.05, 0) is 37.5 Å². The average Bonchev–Trinajstić information content (AvgIpc) is 2.29. The minimum Gasteiger partial charge on any atom is -0.508 e. The molecule has 2 amide bonds. The molecule has 0 fully saturated rings. The summed E-state index contributed by atoms with van der Waals surface area (Å²) in [5, 5.41) is 14.9. The molecule has 4 nitrogen and oxygen atoms in total. The first-order valence-corrected chi connectivity index (χ1v) is 6.05. The molecule has 0 saturated heterocycles. The fraction of sp³-hybridized carbons (Fsp3) is 0.357. The molecular weight excluding hydrogens is 228 g/mol. The van der Waals surface area contributed by atoms with Crippen molar-refractivity contribution in [1.82, 2.24) is 10.6 Å². The summed E-state index contributed by atoms with van der Waals surface area (Å²) in [6.07, 6.45) is 3.22. The fourth-order valence-electron chi connectivity index (χ4n) is 1.62. The Bertz CT molecular complexity index is 405. The van der Waals surface area contributed by atoms with Gasteiger partial charge in [0.1, 0.15) is 5.75 Å². The molecule has 1 aromatic carbocycles. The number of nitrogens with one attached hydrogen (secondary N) is 2. The summed E-state index contributed by atoms with van der Waals surface area (Å²) < 4.78 is 0. The smallest absolute Gasteiger partial charge is 0.315 e.